The van der Waals surface area contributed by atoms with Crippen molar-refractivity contribution in [2.45, 2.75) is 33.1 Å². The molecule has 0 spiro atoms. The number of fused-ring (bicyclic) bond motifs is 2. The highest BCUT2D eigenvalue weighted by molar-refractivity contribution is 7.13. The monoisotopic (exact) mass is 457 g/mol. The number of carbonyl (C=O) groups is 1. The molecule has 1 aliphatic rings. The number of rotatable bonds is 5. The molecular weight excluding hydrogens is 434 g/mol. The zero-order valence-electron chi connectivity index (χ0n) is 18.6. The lowest BCUT2D eigenvalue weighted by Crippen LogP contribution is -2.38. The van der Waals surface area contributed by atoms with Crippen LogP contribution in [0.5, 0.6) is 11.5 Å². The molecule has 4 aromatic rings. The van der Waals surface area contributed by atoms with Crippen molar-refractivity contribution in [3.63, 3.8) is 0 Å². The van der Waals surface area contributed by atoms with E-state index in [0.29, 0.717) is 16.7 Å². The van der Waals surface area contributed by atoms with Crippen LogP contribution in [0.1, 0.15) is 43.4 Å². The molecule has 0 fully saturated rings. The molecular formula is C25H23N5O2S. The standard InChI is InChI=1S/C25H23N5O2S/c1-4-15-12-26-22(27-13-15)16-9-10-18-20(11-16)32-19-8-6-5-7-17(19)21(18)25(2,3)23(31)29-24-30-28-14-33-24/h5-14,21H,4H2,1-3H3,(H,29,30,31). The summed E-state index contributed by atoms with van der Waals surface area (Å²) in [6.07, 6.45) is 4.59. The van der Waals surface area contributed by atoms with Gasteiger partial charge in [0.1, 0.15) is 17.0 Å². The third kappa shape index (κ3) is 3.87. The van der Waals surface area contributed by atoms with Gasteiger partial charge in [0.2, 0.25) is 11.0 Å². The molecule has 2 aromatic carbocycles. The number of anilines is 1. The highest BCUT2D eigenvalue weighted by atomic mass is 32.1. The smallest absolute Gasteiger partial charge is 0.232 e. The third-order valence-electron chi connectivity index (χ3n) is 6.03. The van der Waals surface area contributed by atoms with E-state index in [2.05, 4.69) is 32.4 Å². The molecule has 1 atom stereocenters. The quantitative estimate of drug-likeness (QED) is 0.428. The van der Waals surface area contributed by atoms with Crippen molar-refractivity contribution >= 4 is 22.4 Å². The molecule has 7 nitrogen and oxygen atoms in total. The molecule has 0 radical (unpaired) electrons. The number of carbonyl (C=O) groups excluding carboxylic acids is 1. The number of nitrogens with zero attached hydrogens (tertiary/aromatic N) is 4. The summed E-state index contributed by atoms with van der Waals surface area (Å²) in [7, 11) is 0. The van der Waals surface area contributed by atoms with Crippen LogP contribution in [0, 0.1) is 5.41 Å². The minimum atomic E-state index is -0.791. The fourth-order valence-electron chi connectivity index (χ4n) is 4.18. The summed E-state index contributed by atoms with van der Waals surface area (Å²) in [4.78, 5) is 22.4. The second kappa shape index (κ2) is 8.37. The van der Waals surface area contributed by atoms with Crippen LogP contribution in [0.4, 0.5) is 5.13 Å². The summed E-state index contributed by atoms with van der Waals surface area (Å²) in [5.41, 5.74) is 4.67. The molecule has 0 saturated carbocycles. The Morgan fingerprint density at radius 1 is 1.09 bits per heavy atom. The van der Waals surface area contributed by atoms with Crippen molar-refractivity contribution in [2.24, 2.45) is 5.41 Å². The number of nitrogens with one attached hydrogen (secondary N) is 1. The molecule has 5 rings (SSSR count). The van der Waals surface area contributed by atoms with E-state index >= 15 is 0 Å². The van der Waals surface area contributed by atoms with E-state index < -0.39 is 5.41 Å². The van der Waals surface area contributed by atoms with Crippen LogP contribution in [0.3, 0.4) is 0 Å². The lowest BCUT2D eigenvalue weighted by atomic mass is 9.69. The Bertz CT molecular complexity index is 1300. The summed E-state index contributed by atoms with van der Waals surface area (Å²) in [6, 6.07) is 13.8. The Kier molecular flexibility index (Phi) is 5.38. The van der Waals surface area contributed by atoms with Crippen LogP contribution in [0.25, 0.3) is 11.4 Å². The Balaban J connectivity index is 1.57. The topological polar surface area (TPSA) is 89.9 Å². The first kappa shape index (κ1) is 21.2. The summed E-state index contributed by atoms with van der Waals surface area (Å²) in [5, 5.41) is 11.2. The van der Waals surface area contributed by atoms with E-state index in [1.54, 1.807) is 5.51 Å². The maximum atomic E-state index is 13.4. The highest BCUT2D eigenvalue weighted by Crippen LogP contribution is 2.52. The van der Waals surface area contributed by atoms with Crippen molar-refractivity contribution in [3.05, 3.63) is 77.1 Å². The van der Waals surface area contributed by atoms with E-state index in [1.165, 1.54) is 11.3 Å². The second-order valence-corrected chi connectivity index (χ2v) is 9.35. The van der Waals surface area contributed by atoms with Gasteiger partial charge in [0.05, 0.1) is 5.41 Å². The predicted octanol–water partition coefficient (Wildman–Crippen LogP) is 5.46. The van der Waals surface area contributed by atoms with Gasteiger partial charge in [-0.1, -0.05) is 62.4 Å². The van der Waals surface area contributed by atoms with Gasteiger partial charge in [-0.3, -0.25) is 4.79 Å². The van der Waals surface area contributed by atoms with Gasteiger partial charge in [-0.2, -0.15) is 0 Å². The first-order valence-corrected chi connectivity index (χ1v) is 11.6. The largest absolute Gasteiger partial charge is 0.457 e. The molecule has 0 saturated heterocycles. The van der Waals surface area contributed by atoms with E-state index in [-0.39, 0.29) is 11.8 Å². The predicted molar refractivity (Wildman–Crippen MR) is 128 cm³/mol. The maximum Gasteiger partial charge on any atom is 0.232 e. The minimum Gasteiger partial charge on any atom is -0.457 e. The number of para-hydroxylation sites is 1. The molecule has 3 heterocycles. The number of hydrogen-bond donors (Lipinski definition) is 1. The van der Waals surface area contributed by atoms with Crippen LogP contribution in [-0.2, 0) is 11.2 Å². The lowest BCUT2D eigenvalue weighted by Gasteiger charge is -2.38. The molecule has 8 heteroatoms. The molecule has 1 amide bonds. The number of aromatic nitrogens is 4. The maximum absolute atomic E-state index is 13.4. The normalized spacial score (nSPS) is 14.7. The van der Waals surface area contributed by atoms with Crippen LogP contribution < -0.4 is 10.1 Å². The van der Waals surface area contributed by atoms with Crippen LogP contribution in [0.2, 0.25) is 0 Å². The Hall–Kier alpha value is -3.65. The van der Waals surface area contributed by atoms with E-state index in [9.17, 15) is 4.79 Å². The number of ether oxygens (including phenoxy) is 1. The van der Waals surface area contributed by atoms with Gasteiger partial charge in [0.25, 0.3) is 0 Å². The molecule has 1 aliphatic heterocycles. The van der Waals surface area contributed by atoms with Crippen molar-refractivity contribution in [2.75, 3.05) is 5.32 Å². The SMILES string of the molecule is CCc1cnc(-c2ccc3c(c2)Oc2ccccc2C3C(C)(C)C(=O)Nc2nncs2)nc1. The summed E-state index contributed by atoms with van der Waals surface area (Å²) in [6.45, 7) is 5.96. The number of amides is 1. The van der Waals surface area contributed by atoms with Gasteiger partial charge >= 0.3 is 0 Å². The number of benzene rings is 2. The van der Waals surface area contributed by atoms with Crippen LogP contribution in [-0.4, -0.2) is 26.1 Å². The van der Waals surface area contributed by atoms with Crippen molar-refractivity contribution in [3.8, 4) is 22.9 Å². The Morgan fingerprint density at radius 3 is 2.58 bits per heavy atom. The molecule has 0 bridgehead atoms. The molecule has 1 unspecified atom stereocenters. The minimum absolute atomic E-state index is 0.130. The molecule has 0 aliphatic carbocycles. The number of hydrogen-bond acceptors (Lipinski definition) is 7. The van der Waals surface area contributed by atoms with Crippen molar-refractivity contribution in [1.82, 2.24) is 20.2 Å². The lowest BCUT2D eigenvalue weighted by molar-refractivity contribution is -0.124. The van der Waals surface area contributed by atoms with E-state index in [1.807, 2.05) is 68.7 Å². The van der Waals surface area contributed by atoms with Crippen molar-refractivity contribution in [1.29, 1.82) is 0 Å². The molecule has 2 aromatic heterocycles. The first-order valence-electron chi connectivity index (χ1n) is 10.8. The highest BCUT2D eigenvalue weighted by Gasteiger charge is 2.43. The zero-order chi connectivity index (χ0) is 23.0. The Morgan fingerprint density at radius 2 is 1.85 bits per heavy atom. The summed E-state index contributed by atoms with van der Waals surface area (Å²) < 4.78 is 6.29. The van der Waals surface area contributed by atoms with Gasteiger partial charge in [0, 0.05) is 35.0 Å². The first-order chi connectivity index (χ1) is 16.0. The zero-order valence-corrected chi connectivity index (χ0v) is 19.4. The van der Waals surface area contributed by atoms with Gasteiger partial charge < -0.3 is 10.1 Å². The fourth-order valence-corrected chi connectivity index (χ4v) is 4.62. The molecule has 166 valence electrons. The third-order valence-corrected chi connectivity index (χ3v) is 6.64. The van der Waals surface area contributed by atoms with Gasteiger partial charge in [-0.15, -0.1) is 10.2 Å². The van der Waals surface area contributed by atoms with Crippen molar-refractivity contribution < 1.29 is 9.53 Å². The second-order valence-electron chi connectivity index (χ2n) is 8.51. The molecule has 33 heavy (non-hydrogen) atoms. The Labute approximate surface area is 195 Å². The van der Waals surface area contributed by atoms with E-state index in [0.717, 1.165) is 34.4 Å². The van der Waals surface area contributed by atoms with Gasteiger partial charge in [-0.05, 0) is 24.1 Å². The summed E-state index contributed by atoms with van der Waals surface area (Å²) in [5.74, 6) is 1.74. The van der Waals surface area contributed by atoms with Crippen LogP contribution >= 0.6 is 11.3 Å². The van der Waals surface area contributed by atoms with E-state index in [4.69, 9.17) is 4.74 Å². The summed E-state index contributed by atoms with van der Waals surface area (Å²) >= 11 is 1.29. The molecule has 1 N–H and O–H groups in total. The van der Waals surface area contributed by atoms with Crippen LogP contribution in [0.15, 0.2) is 60.4 Å². The van der Waals surface area contributed by atoms with Gasteiger partial charge in [0.15, 0.2) is 5.82 Å². The van der Waals surface area contributed by atoms with Gasteiger partial charge in [-0.25, -0.2) is 9.97 Å². The average Bonchev–Trinajstić information content (AvgIpc) is 3.35. The number of aryl methyl sites for hydroxylation is 1. The fraction of sp³-hybridized carbons (Fsp3) is 0.240. The average molecular weight is 458 g/mol.